The Morgan fingerprint density at radius 1 is 1.41 bits per heavy atom. The number of likely N-dealkylation sites (N-methyl/N-ethyl adjacent to an activating group) is 1. The third-order valence-corrected chi connectivity index (χ3v) is 7.45. The highest BCUT2D eigenvalue weighted by Gasteiger charge is 2.54. The summed E-state index contributed by atoms with van der Waals surface area (Å²) in [4.78, 5) is 11.8. The lowest BCUT2D eigenvalue weighted by Gasteiger charge is -2.32. The van der Waals surface area contributed by atoms with E-state index in [0.717, 1.165) is 4.31 Å². The van der Waals surface area contributed by atoms with E-state index in [9.17, 15) is 18.3 Å². The zero-order valence-electron chi connectivity index (χ0n) is 15.4. The van der Waals surface area contributed by atoms with Gasteiger partial charge in [0.1, 0.15) is 5.54 Å². The van der Waals surface area contributed by atoms with E-state index in [2.05, 4.69) is 0 Å². The second kappa shape index (κ2) is 8.70. The number of hydrogen-bond donors (Lipinski definition) is 5. The summed E-state index contributed by atoms with van der Waals surface area (Å²) >= 11 is 0. The Hall–Kier alpha value is -0.795. The highest BCUT2D eigenvalue weighted by atomic mass is 32.2. The summed E-state index contributed by atoms with van der Waals surface area (Å²) < 4.78 is 33.9. The van der Waals surface area contributed by atoms with Crippen LogP contribution in [0.5, 0.6) is 0 Å². The Morgan fingerprint density at radius 3 is 2.56 bits per heavy atom. The molecule has 0 aromatic heterocycles. The van der Waals surface area contributed by atoms with Crippen molar-refractivity contribution in [2.45, 2.75) is 43.7 Å². The second-order valence-electron chi connectivity index (χ2n) is 7.23. The van der Waals surface area contributed by atoms with Gasteiger partial charge in [-0.15, -0.1) is 0 Å². The van der Waals surface area contributed by atoms with Crippen molar-refractivity contribution in [1.29, 1.82) is 0 Å². The summed E-state index contributed by atoms with van der Waals surface area (Å²) in [6.45, 7) is 1.91. The van der Waals surface area contributed by atoms with Crippen LogP contribution < -0.4 is 11.5 Å². The van der Waals surface area contributed by atoms with E-state index in [1.54, 1.807) is 6.92 Å². The molecule has 0 spiro atoms. The van der Waals surface area contributed by atoms with Crippen LogP contribution in [0.4, 0.5) is 0 Å². The largest absolute Gasteiger partial charge is 0.480 e. The molecule has 4 atom stereocenters. The number of nitrogens with zero attached hydrogens (tertiary/aromatic N) is 2. The molecule has 2 heterocycles. The quantitative estimate of drug-likeness (QED) is 0.253. The molecule has 0 aromatic carbocycles. The fourth-order valence-corrected chi connectivity index (χ4v) is 5.71. The maximum absolute atomic E-state index is 13.1. The summed E-state index contributed by atoms with van der Waals surface area (Å²) in [7, 11) is -5.48. The lowest BCUT2D eigenvalue weighted by Crippen LogP contribution is -2.57. The molecule has 7 N–H and O–H groups in total. The van der Waals surface area contributed by atoms with Crippen LogP contribution in [0.2, 0.25) is 6.32 Å². The van der Waals surface area contributed by atoms with Gasteiger partial charge in [0.05, 0.1) is 19.3 Å². The number of ether oxygens (including phenoxy) is 1. The van der Waals surface area contributed by atoms with E-state index in [1.807, 2.05) is 0 Å². The van der Waals surface area contributed by atoms with Gasteiger partial charge in [0, 0.05) is 31.6 Å². The van der Waals surface area contributed by atoms with Crippen molar-refractivity contribution in [3.05, 3.63) is 0 Å². The van der Waals surface area contributed by atoms with Gasteiger partial charge in [-0.2, -0.15) is 17.0 Å². The molecule has 0 saturated carbocycles. The van der Waals surface area contributed by atoms with Gasteiger partial charge in [-0.3, -0.25) is 4.79 Å². The predicted molar refractivity (Wildman–Crippen MR) is 97.7 cm³/mol. The third kappa shape index (κ3) is 4.62. The van der Waals surface area contributed by atoms with E-state index in [-0.39, 0.29) is 45.6 Å². The number of carbonyl (C=O) groups is 1. The molecule has 2 rings (SSSR count). The summed E-state index contributed by atoms with van der Waals surface area (Å²) in [5.74, 6) is -1.92. The lowest BCUT2D eigenvalue weighted by atomic mass is 9.78. The summed E-state index contributed by atoms with van der Waals surface area (Å²) in [5, 5.41) is 27.5. The maximum atomic E-state index is 13.1. The smallest absolute Gasteiger partial charge is 0.451 e. The Morgan fingerprint density at radius 2 is 2.07 bits per heavy atom. The van der Waals surface area contributed by atoms with Crippen molar-refractivity contribution in [3.8, 4) is 0 Å². The molecule has 156 valence electrons. The first-order valence-electron chi connectivity index (χ1n) is 9.02. The first kappa shape index (κ1) is 22.5. The van der Waals surface area contributed by atoms with Crippen molar-refractivity contribution in [2.75, 3.05) is 32.8 Å². The number of hydrogen-bond acceptors (Lipinski definition) is 8. The van der Waals surface area contributed by atoms with E-state index in [0.29, 0.717) is 6.42 Å². The summed E-state index contributed by atoms with van der Waals surface area (Å²) in [5.41, 5.74) is 10.3. The molecule has 2 unspecified atom stereocenters. The van der Waals surface area contributed by atoms with E-state index < -0.39 is 46.8 Å². The molecule has 27 heavy (non-hydrogen) atoms. The number of aliphatic carboxylic acids is 1. The molecule has 0 radical (unpaired) electrons. The van der Waals surface area contributed by atoms with Gasteiger partial charge < -0.3 is 31.4 Å². The molecule has 0 bridgehead atoms. The highest BCUT2D eigenvalue weighted by molar-refractivity contribution is 7.86. The number of nitrogens with two attached hydrogens (primary N) is 2. The third-order valence-electron chi connectivity index (χ3n) is 5.40. The number of carboxylic acid groups (broad SMARTS) is 1. The molecule has 0 aliphatic carbocycles. The van der Waals surface area contributed by atoms with Crippen molar-refractivity contribution in [2.24, 2.45) is 17.4 Å². The summed E-state index contributed by atoms with van der Waals surface area (Å²) in [6.07, 6.45) is 0.653. The van der Waals surface area contributed by atoms with Crippen molar-refractivity contribution >= 4 is 23.3 Å². The SMILES string of the molecule is CCN(C1COCC1N)S(=O)(=O)N1C[C@H](CCCB(O)O)[C@](N)(C(=O)O)C1. The van der Waals surface area contributed by atoms with Gasteiger partial charge in [-0.05, 0) is 12.7 Å². The topological polar surface area (TPSA) is 180 Å². The van der Waals surface area contributed by atoms with E-state index >= 15 is 0 Å². The molecule has 0 aromatic rings. The van der Waals surface area contributed by atoms with Crippen LogP contribution in [0.25, 0.3) is 0 Å². The number of carboxylic acids is 1. The van der Waals surface area contributed by atoms with Crippen LogP contribution >= 0.6 is 0 Å². The molecule has 11 nitrogen and oxygen atoms in total. The molecule has 2 saturated heterocycles. The van der Waals surface area contributed by atoms with Gasteiger partial charge in [0.2, 0.25) is 0 Å². The minimum atomic E-state index is -3.98. The van der Waals surface area contributed by atoms with Crippen LogP contribution in [0.15, 0.2) is 0 Å². The van der Waals surface area contributed by atoms with E-state index in [1.165, 1.54) is 4.31 Å². The van der Waals surface area contributed by atoms with Crippen LogP contribution in [-0.4, -0.2) is 95.7 Å². The molecular weight excluding hydrogens is 379 g/mol. The predicted octanol–water partition coefficient (Wildman–Crippen LogP) is -2.75. The van der Waals surface area contributed by atoms with Crippen LogP contribution in [-0.2, 0) is 19.7 Å². The van der Waals surface area contributed by atoms with Gasteiger partial charge in [-0.1, -0.05) is 13.3 Å². The van der Waals surface area contributed by atoms with Crippen LogP contribution in [0, 0.1) is 5.92 Å². The first-order chi connectivity index (χ1) is 12.5. The zero-order valence-corrected chi connectivity index (χ0v) is 16.2. The Labute approximate surface area is 159 Å². The minimum absolute atomic E-state index is 0.0496. The van der Waals surface area contributed by atoms with E-state index in [4.69, 9.17) is 26.3 Å². The standard InChI is InChI=1S/C14H29BN4O7S/c1-2-19(12-8-26-7-11(12)16)27(24,25)18-6-10(4-3-5-15(22)23)14(17,9-18)13(20)21/h10-12,22-23H,2-9,16-17H2,1H3,(H,20,21)/t10-,11?,12?,14-/m0/s1. The highest BCUT2D eigenvalue weighted by Crippen LogP contribution is 2.33. The fraction of sp³-hybridized carbons (Fsp3) is 0.929. The van der Waals surface area contributed by atoms with Crippen molar-refractivity contribution < 1.29 is 33.1 Å². The lowest BCUT2D eigenvalue weighted by molar-refractivity contribution is -0.144. The minimum Gasteiger partial charge on any atom is -0.480 e. The van der Waals surface area contributed by atoms with Gasteiger partial charge in [0.15, 0.2) is 0 Å². The Balaban J connectivity index is 2.20. The van der Waals surface area contributed by atoms with Crippen LogP contribution in [0.1, 0.15) is 19.8 Å². The summed E-state index contributed by atoms with van der Waals surface area (Å²) in [6, 6.07) is -0.966. The van der Waals surface area contributed by atoms with Crippen molar-refractivity contribution in [1.82, 2.24) is 8.61 Å². The molecule has 0 amide bonds. The normalized spacial score (nSPS) is 32.3. The molecule has 2 aliphatic heterocycles. The fourth-order valence-electron chi connectivity index (χ4n) is 3.78. The first-order valence-corrected chi connectivity index (χ1v) is 10.4. The van der Waals surface area contributed by atoms with Crippen LogP contribution in [0.3, 0.4) is 0 Å². The molecule has 13 heteroatoms. The average Bonchev–Trinajstić information content (AvgIpc) is 3.13. The second-order valence-corrected chi connectivity index (χ2v) is 9.11. The van der Waals surface area contributed by atoms with Crippen molar-refractivity contribution in [3.63, 3.8) is 0 Å². The zero-order chi connectivity index (χ0) is 20.4. The van der Waals surface area contributed by atoms with Gasteiger partial charge in [0.25, 0.3) is 10.2 Å². The van der Waals surface area contributed by atoms with Gasteiger partial charge in [-0.25, -0.2) is 0 Å². The maximum Gasteiger partial charge on any atom is 0.451 e. The Kier molecular flexibility index (Phi) is 7.25. The molecule has 2 fully saturated rings. The molecular formula is C14H29BN4O7S. The Bertz CT molecular complexity index is 637. The monoisotopic (exact) mass is 408 g/mol. The molecule has 2 aliphatic rings. The average molecular weight is 408 g/mol. The number of rotatable bonds is 9. The van der Waals surface area contributed by atoms with Gasteiger partial charge >= 0.3 is 13.1 Å².